The molecule has 37 heavy (non-hydrogen) atoms. The summed E-state index contributed by atoms with van der Waals surface area (Å²) in [5.74, 6) is 0.724. The number of nitrogens with zero attached hydrogens (tertiary/aromatic N) is 4. The maximum atomic E-state index is 15.4. The van der Waals surface area contributed by atoms with Crippen molar-refractivity contribution in [2.45, 2.75) is 64.3 Å². The topological polar surface area (TPSA) is 89.4 Å². The molecule has 1 aliphatic heterocycles. The summed E-state index contributed by atoms with van der Waals surface area (Å²) in [5.41, 5.74) is 5.95. The number of aromatic nitrogens is 5. The molecule has 0 bridgehead atoms. The van der Waals surface area contributed by atoms with Crippen molar-refractivity contribution in [1.29, 1.82) is 0 Å². The number of hydrogen-bond donors (Lipinski definition) is 2. The fraction of sp³-hybridized carbons (Fsp3) is 0.536. The standard InChI is InChI=1S/C28H35FN6O2/c1-16(2)23-25(18-9-22(36-4)27-31-15-32-35(27)11-18)33-21-10-20(29)24(34-26(21)23)17-5-7-19(8-6-17)30-12-28(3)13-37-14-28/h9-11,15-17,19,30,33H,5-8,12-14H2,1-4H3. The lowest BCUT2D eigenvalue weighted by Gasteiger charge is -2.40. The molecule has 5 heterocycles. The number of methoxy groups -OCH3 is 1. The average Bonchev–Trinajstić information content (AvgIpc) is 3.50. The minimum atomic E-state index is -0.226. The third kappa shape index (κ3) is 4.38. The number of nitrogens with one attached hydrogen (secondary N) is 2. The normalized spacial score (nSPS) is 21.6. The molecule has 1 aliphatic carbocycles. The Labute approximate surface area is 216 Å². The molecule has 2 fully saturated rings. The Morgan fingerprint density at radius 1 is 1.24 bits per heavy atom. The molecule has 9 heteroatoms. The minimum Gasteiger partial charge on any atom is -0.493 e. The summed E-state index contributed by atoms with van der Waals surface area (Å²) in [4.78, 5) is 12.7. The summed E-state index contributed by atoms with van der Waals surface area (Å²) in [6, 6.07) is 4.05. The third-order valence-electron chi connectivity index (χ3n) is 8.05. The van der Waals surface area contributed by atoms with E-state index in [-0.39, 0.29) is 23.1 Å². The first-order chi connectivity index (χ1) is 17.8. The molecule has 0 radical (unpaired) electrons. The molecular weight excluding hydrogens is 471 g/mol. The molecule has 0 aromatic carbocycles. The highest BCUT2D eigenvalue weighted by molar-refractivity contribution is 5.89. The number of H-pyrrole nitrogens is 1. The molecule has 0 atom stereocenters. The van der Waals surface area contributed by atoms with Crippen LogP contribution >= 0.6 is 0 Å². The molecule has 4 aromatic rings. The number of halogens is 1. The summed E-state index contributed by atoms with van der Waals surface area (Å²) < 4.78 is 28.1. The predicted octanol–water partition coefficient (Wildman–Crippen LogP) is 5.20. The van der Waals surface area contributed by atoms with Crippen molar-refractivity contribution < 1.29 is 13.9 Å². The van der Waals surface area contributed by atoms with Gasteiger partial charge in [-0.2, -0.15) is 5.10 Å². The maximum Gasteiger partial charge on any atom is 0.197 e. The summed E-state index contributed by atoms with van der Waals surface area (Å²) in [7, 11) is 1.62. The van der Waals surface area contributed by atoms with Crippen molar-refractivity contribution in [1.82, 2.24) is 29.9 Å². The van der Waals surface area contributed by atoms with E-state index in [4.69, 9.17) is 14.5 Å². The summed E-state index contributed by atoms with van der Waals surface area (Å²) in [5, 5.41) is 8.02. The molecule has 8 nitrogen and oxygen atoms in total. The SMILES string of the molecule is COc1cc(-c2[nH]c3cc(F)c(C4CCC(NCC5(C)COC5)CC4)nc3c2C(C)C)cn2ncnc12. The van der Waals surface area contributed by atoms with E-state index in [9.17, 15) is 0 Å². The molecule has 1 saturated heterocycles. The zero-order valence-corrected chi connectivity index (χ0v) is 22.0. The third-order valence-corrected chi connectivity index (χ3v) is 8.05. The number of aromatic amines is 1. The number of rotatable bonds is 7. The molecule has 1 saturated carbocycles. The number of fused-ring (bicyclic) bond motifs is 2. The number of hydrogen-bond acceptors (Lipinski definition) is 6. The zero-order chi connectivity index (χ0) is 25.7. The molecule has 0 spiro atoms. The van der Waals surface area contributed by atoms with Gasteiger partial charge in [-0.05, 0) is 37.7 Å². The molecule has 196 valence electrons. The van der Waals surface area contributed by atoms with Gasteiger partial charge in [0.25, 0.3) is 0 Å². The Morgan fingerprint density at radius 2 is 2.03 bits per heavy atom. The Morgan fingerprint density at radius 3 is 2.70 bits per heavy atom. The molecular formula is C28H35FN6O2. The first-order valence-electron chi connectivity index (χ1n) is 13.3. The largest absolute Gasteiger partial charge is 0.493 e. The van der Waals surface area contributed by atoms with Gasteiger partial charge in [0.05, 0.1) is 42.7 Å². The van der Waals surface area contributed by atoms with Crippen LogP contribution in [0.2, 0.25) is 0 Å². The van der Waals surface area contributed by atoms with Crippen LogP contribution in [0.15, 0.2) is 24.7 Å². The van der Waals surface area contributed by atoms with E-state index in [1.165, 1.54) is 6.33 Å². The second-order valence-corrected chi connectivity index (χ2v) is 11.4. The van der Waals surface area contributed by atoms with Gasteiger partial charge in [0.1, 0.15) is 12.1 Å². The summed E-state index contributed by atoms with van der Waals surface area (Å²) in [6.07, 6.45) is 7.38. The maximum absolute atomic E-state index is 15.4. The fourth-order valence-corrected chi connectivity index (χ4v) is 5.90. The number of pyridine rings is 2. The van der Waals surface area contributed by atoms with Gasteiger partial charge >= 0.3 is 0 Å². The Balaban J connectivity index is 1.30. The molecule has 4 aromatic heterocycles. The van der Waals surface area contributed by atoms with Crippen LogP contribution in [-0.2, 0) is 4.74 Å². The highest BCUT2D eigenvalue weighted by atomic mass is 19.1. The van der Waals surface area contributed by atoms with Crippen LogP contribution < -0.4 is 10.1 Å². The summed E-state index contributed by atoms with van der Waals surface area (Å²) in [6.45, 7) is 9.21. The zero-order valence-electron chi connectivity index (χ0n) is 22.0. The smallest absolute Gasteiger partial charge is 0.197 e. The van der Waals surface area contributed by atoms with Crippen molar-refractivity contribution in [2.75, 3.05) is 26.9 Å². The highest BCUT2D eigenvalue weighted by Crippen LogP contribution is 2.40. The van der Waals surface area contributed by atoms with Crippen molar-refractivity contribution in [2.24, 2.45) is 5.41 Å². The van der Waals surface area contributed by atoms with E-state index in [0.29, 0.717) is 28.6 Å². The Kier molecular flexibility index (Phi) is 6.15. The summed E-state index contributed by atoms with van der Waals surface area (Å²) >= 11 is 0. The van der Waals surface area contributed by atoms with Crippen molar-refractivity contribution >= 4 is 16.7 Å². The van der Waals surface area contributed by atoms with E-state index in [0.717, 1.165) is 67.8 Å². The van der Waals surface area contributed by atoms with Crippen molar-refractivity contribution in [3.63, 3.8) is 0 Å². The first kappa shape index (κ1) is 24.3. The predicted molar refractivity (Wildman–Crippen MR) is 141 cm³/mol. The molecule has 0 unspecified atom stereocenters. The van der Waals surface area contributed by atoms with E-state index in [1.807, 2.05) is 12.3 Å². The van der Waals surface area contributed by atoms with Gasteiger partial charge in [-0.3, -0.25) is 0 Å². The van der Waals surface area contributed by atoms with E-state index in [2.05, 4.69) is 41.2 Å². The van der Waals surface area contributed by atoms with Gasteiger partial charge in [0.15, 0.2) is 11.4 Å². The van der Waals surface area contributed by atoms with Crippen LogP contribution in [0.1, 0.15) is 69.5 Å². The quantitative estimate of drug-likeness (QED) is 0.358. The lowest BCUT2D eigenvalue weighted by Crippen LogP contribution is -2.50. The van der Waals surface area contributed by atoms with Crippen LogP contribution in [-0.4, -0.2) is 57.5 Å². The van der Waals surface area contributed by atoms with Gasteiger partial charge in [0, 0.05) is 47.3 Å². The van der Waals surface area contributed by atoms with Gasteiger partial charge in [-0.25, -0.2) is 18.9 Å². The number of ether oxygens (including phenoxy) is 2. The van der Waals surface area contributed by atoms with Crippen LogP contribution in [0.5, 0.6) is 5.75 Å². The second-order valence-electron chi connectivity index (χ2n) is 11.4. The minimum absolute atomic E-state index is 0.134. The van der Waals surface area contributed by atoms with Crippen LogP contribution in [0.3, 0.4) is 0 Å². The van der Waals surface area contributed by atoms with E-state index in [1.54, 1.807) is 17.7 Å². The molecule has 2 N–H and O–H groups in total. The average molecular weight is 507 g/mol. The fourth-order valence-electron chi connectivity index (χ4n) is 5.90. The van der Waals surface area contributed by atoms with Crippen LogP contribution in [0.4, 0.5) is 4.39 Å². The Bertz CT molecular complexity index is 1430. The Hall–Kier alpha value is -3.04. The molecule has 0 amide bonds. The van der Waals surface area contributed by atoms with Gasteiger partial charge < -0.3 is 19.8 Å². The van der Waals surface area contributed by atoms with E-state index >= 15 is 4.39 Å². The van der Waals surface area contributed by atoms with Crippen molar-refractivity contribution in [3.05, 3.63) is 41.7 Å². The van der Waals surface area contributed by atoms with Gasteiger partial charge in [0.2, 0.25) is 0 Å². The van der Waals surface area contributed by atoms with Crippen LogP contribution in [0.25, 0.3) is 27.9 Å². The highest BCUT2D eigenvalue weighted by Gasteiger charge is 2.34. The lowest BCUT2D eigenvalue weighted by atomic mass is 9.82. The van der Waals surface area contributed by atoms with Gasteiger partial charge in [-0.15, -0.1) is 0 Å². The monoisotopic (exact) mass is 506 g/mol. The molecule has 2 aliphatic rings. The van der Waals surface area contributed by atoms with Crippen molar-refractivity contribution in [3.8, 4) is 17.0 Å². The van der Waals surface area contributed by atoms with Gasteiger partial charge in [-0.1, -0.05) is 20.8 Å². The van der Waals surface area contributed by atoms with Crippen LogP contribution in [0, 0.1) is 11.2 Å². The lowest BCUT2D eigenvalue weighted by molar-refractivity contribution is -0.100. The second kappa shape index (κ2) is 9.36. The first-order valence-corrected chi connectivity index (χ1v) is 13.3. The molecule has 6 rings (SSSR count). The van der Waals surface area contributed by atoms with E-state index < -0.39 is 0 Å².